The monoisotopic (exact) mass is 487 g/mol. The van der Waals surface area contributed by atoms with Gasteiger partial charge in [-0.05, 0) is 63.5 Å². The minimum absolute atomic E-state index is 0.0609. The molecule has 2 aliphatic rings. The second-order valence-corrected chi connectivity index (χ2v) is 11.2. The molecule has 3 heterocycles. The number of nitrogens with two attached hydrogens (primary N) is 1. The van der Waals surface area contributed by atoms with Crippen molar-refractivity contribution in [3.05, 3.63) is 53.3 Å². The first-order valence-corrected chi connectivity index (χ1v) is 12.4. The lowest BCUT2D eigenvalue weighted by Crippen LogP contribution is -2.43. The Hall–Kier alpha value is -3.80. The summed E-state index contributed by atoms with van der Waals surface area (Å²) in [4.78, 5) is 14.3. The second-order valence-electron chi connectivity index (χ2n) is 11.2. The van der Waals surface area contributed by atoms with Gasteiger partial charge in [-0.3, -0.25) is 4.68 Å². The van der Waals surface area contributed by atoms with Crippen molar-refractivity contribution in [2.24, 2.45) is 5.41 Å². The van der Waals surface area contributed by atoms with Gasteiger partial charge in [0.1, 0.15) is 28.7 Å². The predicted molar refractivity (Wildman–Crippen MR) is 136 cm³/mol. The predicted octanol–water partition coefficient (Wildman–Crippen LogP) is 4.52. The number of ether oxygens (including phenoxy) is 1. The van der Waals surface area contributed by atoms with E-state index in [0.29, 0.717) is 36.7 Å². The first-order valence-electron chi connectivity index (χ1n) is 12.4. The first kappa shape index (κ1) is 23.9. The maximum Gasteiger partial charge on any atom is 0.410 e. The fourth-order valence-electron chi connectivity index (χ4n) is 5.44. The van der Waals surface area contributed by atoms with E-state index in [1.807, 2.05) is 48.7 Å². The van der Waals surface area contributed by atoms with Crippen LogP contribution in [0.25, 0.3) is 11.3 Å². The van der Waals surface area contributed by atoms with Crippen LogP contribution >= 0.6 is 0 Å². The molecule has 2 N–H and O–H groups in total. The Labute approximate surface area is 211 Å². The van der Waals surface area contributed by atoms with E-state index < -0.39 is 5.60 Å². The second kappa shape index (κ2) is 8.70. The zero-order valence-corrected chi connectivity index (χ0v) is 21.4. The van der Waals surface area contributed by atoms with Gasteiger partial charge in [-0.15, -0.1) is 0 Å². The van der Waals surface area contributed by atoms with Gasteiger partial charge < -0.3 is 15.4 Å². The molecule has 0 atom stereocenters. The van der Waals surface area contributed by atoms with Crippen molar-refractivity contribution in [3.63, 3.8) is 0 Å². The summed E-state index contributed by atoms with van der Waals surface area (Å²) in [5.74, 6) is 0.390. The van der Waals surface area contributed by atoms with Crippen LogP contribution in [0.15, 0.2) is 36.7 Å². The number of hydrogen-bond donors (Lipinski definition) is 1. The molecule has 0 radical (unpaired) electrons. The molecule has 2 fully saturated rings. The van der Waals surface area contributed by atoms with Crippen molar-refractivity contribution in [1.29, 1.82) is 5.26 Å². The highest BCUT2D eigenvalue weighted by molar-refractivity contribution is 5.72. The summed E-state index contributed by atoms with van der Waals surface area (Å²) in [7, 11) is 0. The minimum atomic E-state index is -0.504. The molecule has 0 unspecified atom stereocenters. The number of aromatic nitrogens is 4. The van der Waals surface area contributed by atoms with Crippen LogP contribution in [-0.2, 0) is 11.3 Å². The summed E-state index contributed by atoms with van der Waals surface area (Å²) < 4.78 is 9.21. The Balaban J connectivity index is 1.30. The van der Waals surface area contributed by atoms with Gasteiger partial charge in [0, 0.05) is 24.8 Å². The number of benzene rings is 1. The van der Waals surface area contributed by atoms with Crippen LogP contribution in [0.4, 0.5) is 10.6 Å². The maximum atomic E-state index is 12.5. The summed E-state index contributed by atoms with van der Waals surface area (Å²) in [6, 6.07) is 10.6. The Kier molecular flexibility index (Phi) is 5.78. The van der Waals surface area contributed by atoms with Gasteiger partial charge in [0.25, 0.3) is 0 Å². The van der Waals surface area contributed by atoms with Crippen LogP contribution in [0.2, 0.25) is 0 Å². The molecule has 1 saturated carbocycles. The molecule has 188 valence electrons. The number of hydrogen-bond acceptors (Lipinski definition) is 6. The third-order valence-electron chi connectivity index (χ3n) is 7.33. The average molecular weight is 488 g/mol. The molecular weight excluding hydrogens is 454 g/mol. The smallest absolute Gasteiger partial charge is 0.410 e. The SMILES string of the molecule is Cc1ccccc1Cn1cc(-c2nn(C3CC4(CCN(C(=O)OC(C)(C)C)C4)C3)c(N)c2C#N)cn1. The third-order valence-corrected chi connectivity index (χ3v) is 7.33. The van der Waals surface area contributed by atoms with E-state index in [1.54, 1.807) is 10.9 Å². The van der Waals surface area contributed by atoms with E-state index in [1.165, 1.54) is 11.1 Å². The Bertz CT molecular complexity index is 1330. The summed E-state index contributed by atoms with van der Waals surface area (Å²) >= 11 is 0. The Morgan fingerprint density at radius 3 is 2.75 bits per heavy atom. The van der Waals surface area contributed by atoms with Crippen molar-refractivity contribution in [2.45, 2.75) is 65.1 Å². The van der Waals surface area contributed by atoms with Crippen molar-refractivity contribution < 1.29 is 9.53 Å². The van der Waals surface area contributed by atoms with Crippen molar-refractivity contribution in [1.82, 2.24) is 24.5 Å². The Morgan fingerprint density at radius 1 is 1.31 bits per heavy atom. The highest BCUT2D eigenvalue weighted by Crippen LogP contribution is 2.54. The van der Waals surface area contributed by atoms with Gasteiger partial charge in [0.2, 0.25) is 0 Å². The van der Waals surface area contributed by atoms with Crippen LogP contribution in [-0.4, -0.2) is 49.2 Å². The molecule has 1 spiro atoms. The van der Waals surface area contributed by atoms with E-state index in [9.17, 15) is 10.1 Å². The van der Waals surface area contributed by atoms with Crippen LogP contribution in [0.3, 0.4) is 0 Å². The number of carbonyl (C=O) groups excluding carboxylic acids is 1. The molecule has 1 aromatic carbocycles. The molecule has 2 aromatic heterocycles. The fraction of sp³-hybridized carbons (Fsp3) is 0.481. The van der Waals surface area contributed by atoms with E-state index >= 15 is 0 Å². The normalized spacial score (nSPS) is 21.4. The summed E-state index contributed by atoms with van der Waals surface area (Å²) in [5.41, 5.74) is 10.1. The molecule has 1 amide bonds. The average Bonchev–Trinajstić information content (AvgIpc) is 3.50. The van der Waals surface area contributed by atoms with E-state index in [4.69, 9.17) is 15.6 Å². The topological polar surface area (TPSA) is 115 Å². The molecular formula is C27H33N7O2. The van der Waals surface area contributed by atoms with E-state index in [0.717, 1.165) is 24.8 Å². The number of nitriles is 1. The highest BCUT2D eigenvalue weighted by atomic mass is 16.6. The zero-order valence-electron chi connectivity index (χ0n) is 21.4. The number of aryl methyl sites for hydroxylation is 1. The van der Waals surface area contributed by atoms with Crippen LogP contribution < -0.4 is 5.73 Å². The molecule has 1 saturated heterocycles. The lowest BCUT2D eigenvalue weighted by atomic mass is 9.65. The standard InChI is InChI=1S/C27H33N7O2/c1-18-7-5-6-8-19(18)15-33-16-20(14-30-33)23-22(13-28)24(29)34(31-23)21-11-27(12-21)9-10-32(17-27)25(35)36-26(2,3)4/h5-8,14,16,21H,9-12,15,17,29H2,1-4H3. The van der Waals surface area contributed by atoms with Crippen molar-refractivity contribution in [2.75, 3.05) is 18.8 Å². The fourth-order valence-corrected chi connectivity index (χ4v) is 5.44. The number of nitrogen functional groups attached to an aromatic ring is 1. The number of likely N-dealkylation sites (tertiary alicyclic amines) is 1. The van der Waals surface area contributed by atoms with Crippen LogP contribution in [0, 0.1) is 23.7 Å². The zero-order chi connectivity index (χ0) is 25.7. The summed E-state index contributed by atoms with van der Waals surface area (Å²) in [6.07, 6.45) is 6.08. The lowest BCUT2D eigenvalue weighted by Gasteiger charge is -2.45. The van der Waals surface area contributed by atoms with Gasteiger partial charge in [-0.1, -0.05) is 24.3 Å². The minimum Gasteiger partial charge on any atom is -0.444 e. The molecule has 1 aliphatic carbocycles. The maximum absolute atomic E-state index is 12.5. The van der Waals surface area contributed by atoms with Gasteiger partial charge >= 0.3 is 6.09 Å². The molecule has 5 rings (SSSR count). The number of nitrogens with zero attached hydrogens (tertiary/aromatic N) is 6. The van der Waals surface area contributed by atoms with E-state index in [-0.39, 0.29) is 17.6 Å². The molecule has 9 nitrogen and oxygen atoms in total. The van der Waals surface area contributed by atoms with Crippen LogP contribution in [0.5, 0.6) is 0 Å². The number of rotatable bonds is 4. The largest absolute Gasteiger partial charge is 0.444 e. The van der Waals surface area contributed by atoms with Gasteiger partial charge in [-0.25, -0.2) is 9.48 Å². The molecule has 36 heavy (non-hydrogen) atoms. The van der Waals surface area contributed by atoms with Gasteiger partial charge in [0.05, 0.1) is 18.8 Å². The molecule has 9 heteroatoms. The number of carbonyl (C=O) groups is 1. The third kappa shape index (κ3) is 4.43. The van der Waals surface area contributed by atoms with E-state index in [2.05, 4.69) is 30.2 Å². The highest BCUT2D eigenvalue weighted by Gasteiger charge is 2.51. The Morgan fingerprint density at radius 2 is 2.06 bits per heavy atom. The van der Waals surface area contributed by atoms with Gasteiger partial charge in [-0.2, -0.15) is 15.5 Å². The van der Waals surface area contributed by atoms with Gasteiger partial charge in [0.15, 0.2) is 0 Å². The quantitative estimate of drug-likeness (QED) is 0.579. The first-order chi connectivity index (χ1) is 17.1. The number of amides is 1. The van der Waals surface area contributed by atoms with Crippen LogP contribution in [0.1, 0.15) is 62.8 Å². The molecule has 3 aromatic rings. The molecule has 0 bridgehead atoms. The lowest BCUT2D eigenvalue weighted by molar-refractivity contribution is 0.0188. The molecule has 1 aliphatic heterocycles. The summed E-state index contributed by atoms with van der Waals surface area (Å²) in [6.45, 7) is 9.75. The van der Waals surface area contributed by atoms with Crippen molar-refractivity contribution >= 4 is 11.9 Å². The van der Waals surface area contributed by atoms with Crippen molar-refractivity contribution in [3.8, 4) is 17.3 Å². The number of anilines is 1. The summed E-state index contributed by atoms with van der Waals surface area (Å²) in [5, 5.41) is 19.1.